The van der Waals surface area contributed by atoms with Crippen LogP contribution in [-0.2, 0) is 14.3 Å². The molecule has 214 valence electrons. The molecule has 10 nitrogen and oxygen atoms in total. The van der Waals surface area contributed by atoms with E-state index in [0.29, 0.717) is 13.0 Å². The van der Waals surface area contributed by atoms with E-state index in [1.165, 1.54) is 0 Å². The normalized spacial score (nSPS) is 23.5. The maximum Gasteiger partial charge on any atom is 0.303 e. The monoisotopic (exact) mass is 545 g/mol. The van der Waals surface area contributed by atoms with E-state index in [1.54, 1.807) is 0 Å². The van der Waals surface area contributed by atoms with Crippen molar-refractivity contribution < 1.29 is 24.5 Å². The zero-order valence-corrected chi connectivity index (χ0v) is 23.1. The number of carboxylic acids is 1. The minimum Gasteiger partial charge on any atom is -0.481 e. The Hall–Kier alpha value is -2.14. The number of halogens is 1. The molecule has 3 aliphatic rings. The summed E-state index contributed by atoms with van der Waals surface area (Å²) >= 11 is 0. The molecule has 3 rings (SSSR count). The molecule has 0 radical (unpaired) electrons. The van der Waals surface area contributed by atoms with Crippen LogP contribution in [-0.4, -0.2) is 59.2 Å². The third-order valence-electron chi connectivity index (χ3n) is 5.98. The van der Waals surface area contributed by atoms with Gasteiger partial charge in [-0.1, -0.05) is 63.8 Å². The van der Waals surface area contributed by atoms with Crippen LogP contribution in [0.15, 0.2) is 29.3 Å². The van der Waals surface area contributed by atoms with Gasteiger partial charge in [-0.15, -0.1) is 12.4 Å². The Morgan fingerprint density at radius 2 is 1.86 bits per heavy atom. The SMILES string of the molecule is CCCCC[C@H](O)/C=C/[C@H]1O[C@H]2C[C@H](O2)[C@@H]1C/C=C\CCCC(=O)O.CCCCN=C(N)NC(=N)N.Cl. The summed E-state index contributed by atoms with van der Waals surface area (Å²) in [5.41, 5.74) is 10.3. The first kappa shape index (κ1) is 34.9. The van der Waals surface area contributed by atoms with Crippen molar-refractivity contribution in [3.8, 4) is 0 Å². The Morgan fingerprint density at radius 3 is 2.49 bits per heavy atom. The highest BCUT2D eigenvalue weighted by atomic mass is 35.5. The highest BCUT2D eigenvalue weighted by Gasteiger charge is 2.46. The molecule has 0 aliphatic carbocycles. The molecular weight excluding hydrogens is 498 g/mol. The van der Waals surface area contributed by atoms with Crippen LogP contribution < -0.4 is 16.8 Å². The number of unbranched alkanes of at least 4 members (excludes halogenated alkanes) is 4. The molecule has 0 amide bonds. The average molecular weight is 546 g/mol. The molecule has 3 saturated heterocycles. The first-order chi connectivity index (χ1) is 17.3. The number of guanidine groups is 2. The second-order valence-corrected chi connectivity index (χ2v) is 9.20. The van der Waals surface area contributed by atoms with E-state index in [9.17, 15) is 9.90 Å². The molecule has 3 heterocycles. The maximum atomic E-state index is 10.5. The Morgan fingerprint density at radius 1 is 1.16 bits per heavy atom. The lowest BCUT2D eigenvalue weighted by Gasteiger charge is -2.49. The molecule has 37 heavy (non-hydrogen) atoms. The molecule has 2 bridgehead atoms. The van der Waals surface area contributed by atoms with Crippen molar-refractivity contribution in [1.29, 1.82) is 5.41 Å². The number of aliphatic hydroxyl groups excluding tert-OH is 1. The number of nitrogens with one attached hydrogen (secondary N) is 2. The van der Waals surface area contributed by atoms with Gasteiger partial charge in [0.1, 0.15) is 0 Å². The largest absolute Gasteiger partial charge is 0.481 e. The number of nitrogens with zero attached hydrogens (tertiary/aromatic N) is 1. The first-order valence-electron chi connectivity index (χ1n) is 13.2. The highest BCUT2D eigenvalue weighted by Crippen LogP contribution is 2.40. The number of hydrogen-bond acceptors (Lipinski definition) is 6. The summed E-state index contributed by atoms with van der Waals surface area (Å²) in [6, 6.07) is 0. The molecule has 5 atom stereocenters. The molecule has 0 unspecified atom stereocenters. The van der Waals surface area contributed by atoms with Gasteiger partial charge in [-0.2, -0.15) is 0 Å². The third-order valence-corrected chi connectivity index (χ3v) is 5.98. The number of aliphatic carboxylic acids is 1. The number of carbonyl (C=O) groups is 1. The van der Waals surface area contributed by atoms with E-state index in [2.05, 4.69) is 30.2 Å². The van der Waals surface area contributed by atoms with Crippen molar-refractivity contribution in [2.75, 3.05) is 6.54 Å². The fourth-order valence-corrected chi connectivity index (χ4v) is 3.91. The minimum atomic E-state index is -0.745. The molecule has 8 N–H and O–H groups in total. The Bertz CT molecular complexity index is 728. The van der Waals surface area contributed by atoms with Gasteiger partial charge in [0, 0.05) is 25.3 Å². The van der Waals surface area contributed by atoms with Crippen molar-refractivity contribution in [2.45, 2.75) is 109 Å². The van der Waals surface area contributed by atoms with Gasteiger partial charge in [0.05, 0.1) is 18.3 Å². The van der Waals surface area contributed by atoms with Crippen LogP contribution in [0.2, 0.25) is 0 Å². The Labute approximate surface area is 227 Å². The van der Waals surface area contributed by atoms with Crippen molar-refractivity contribution in [3.63, 3.8) is 0 Å². The number of allylic oxidation sites excluding steroid dienone is 2. The van der Waals surface area contributed by atoms with Gasteiger partial charge in [-0.25, -0.2) is 0 Å². The van der Waals surface area contributed by atoms with E-state index >= 15 is 0 Å². The van der Waals surface area contributed by atoms with Crippen LogP contribution in [0.3, 0.4) is 0 Å². The predicted molar refractivity (Wildman–Crippen MR) is 150 cm³/mol. The van der Waals surface area contributed by atoms with E-state index in [0.717, 1.165) is 57.8 Å². The summed E-state index contributed by atoms with van der Waals surface area (Å²) in [6.07, 6.45) is 17.5. The summed E-state index contributed by atoms with van der Waals surface area (Å²) in [7, 11) is 0. The molecule has 0 aromatic heterocycles. The number of aliphatic imine (C=N–C) groups is 1. The van der Waals surface area contributed by atoms with Crippen molar-refractivity contribution >= 4 is 30.3 Å². The van der Waals surface area contributed by atoms with Gasteiger partial charge in [-0.05, 0) is 32.1 Å². The standard InChI is InChI=1S/C20H32O5.C6H15N5.ClH/c1-2-3-6-9-15(21)12-13-17-16(18-14-20(24-17)25-18)10-7-4-5-8-11-19(22)23;1-2-3-4-10-6(9)11-5(7)8;/h4,7,12-13,15-18,20-21H,2-3,5-6,8-11,14H2,1H3,(H,22,23);2-4H2,1H3,(H6,7,8,9,10,11);1H/b7-4-,13-12+;;/t15-,16+,17+,18-,20+;;/m0../s1. The van der Waals surface area contributed by atoms with Crippen molar-refractivity contribution in [1.82, 2.24) is 5.32 Å². The number of hydrogen-bond donors (Lipinski definition) is 6. The second-order valence-electron chi connectivity index (χ2n) is 9.20. The number of rotatable bonds is 15. The highest BCUT2D eigenvalue weighted by molar-refractivity contribution is 5.95. The predicted octanol–water partition coefficient (Wildman–Crippen LogP) is 3.82. The van der Waals surface area contributed by atoms with Gasteiger partial charge in [0.25, 0.3) is 0 Å². The van der Waals surface area contributed by atoms with Crippen LogP contribution in [0, 0.1) is 11.3 Å². The summed E-state index contributed by atoms with van der Waals surface area (Å²) in [6.45, 7) is 4.91. The molecule has 0 spiro atoms. The number of nitrogens with two attached hydrogens (primary N) is 2. The average Bonchev–Trinajstić information content (AvgIpc) is 2.79. The zero-order valence-electron chi connectivity index (χ0n) is 22.3. The number of ether oxygens (including phenoxy) is 2. The Kier molecular flexibility index (Phi) is 19.7. The van der Waals surface area contributed by atoms with E-state index in [4.69, 9.17) is 31.5 Å². The molecule has 0 aromatic rings. The molecule has 0 aromatic carbocycles. The minimum absolute atomic E-state index is 0. The van der Waals surface area contributed by atoms with Gasteiger partial charge in [0.2, 0.25) is 0 Å². The van der Waals surface area contributed by atoms with Gasteiger partial charge < -0.3 is 31.2 Å². The van der Waals surface area contributed by atoms with Gasteiger partial charge >= 0.3 is 5.97 Å². The summed E-state index contributed by atoms with van der Waals surface area (Å²) in [5, 5.41) is 27.9. The van der Waals surface area contributed by atoms with Crippen LogP contribution in [0.5, 0.6) is 0 Å². The van der Waals surface area contributed by atoms with E-state index < -0.39 is 12.1 Å². The topological polar surface area (TPSA) is 176 Å². The zero-order chi connectivity index (χ0) is 26.8. The summed E-state index contributed by atoms with van der Waals surface area (Å²) in [5.74, 6) is -0.445. The fraction of sp³-hybridized carbons (Fsp3) is 0.731. The van der Waals surface area contributed by atoms with Crippen LogP contribution in [0.25, 0.3) is 0 Å². The van der Waals surface area contributed by atoms with Crippen LogP contribution in [0.4, 0.5) is 0 Å². The van der Waals surface area contributed by atoms with Crippen molar-refractivity contribution in [3.05, 3.63) is 24.3 Å². The smallest absolute Gasteiger partial charge is 0.303 e. The lowest BCUT2D eigenvalue weighted by atomic mass is 9.84. The van der Waals surface area contributed by atoms with E-state index in [-0.39, 0.29) is 55.2 Å². The summed E-state index contributed by atoms with van der Waals surface area (Å²) < 4.78 is 11.6. The van der Waals surface area contributed by atoms with Crippen LogP contribution in [0.1, 0.15) is 84.5 Å². The molecule has 0 saturated carbocycles. The summed E-state index contributed by atoms with van der Waals surface area (Å²) in [4.78, 5) is 14.4. The van der Waals surface area contributed by atoms with Crippen LogP contribution >= 0.6 is 12.4 Å². The quantitative estimate of drug-likeness (QED) is 0.0778. The van der Waals surface area contributed by atoms with Gasteiger partial charge in [-0.3, -0.25) is 20.5 Å². The third kappa shape index (κ3) is 16.3. The fourth-order valence-electron chi connectivity index (χ4n) is 3.91. The molecular formula is C26H48ClN5O5. The number of carboxylic acid groups (broad SMARTS) is 1. The van der Waals surface area contributed by atoms with E-state index in [1.807, 2.05) is 18.2 Å². The first-order valence-corrected chi connectivity index (χ1v) is 13.2. The van der Waals surface area contributed by atoms with Crippen molar-refractivity contribution in [2.24, 2.45) is 22.4 Å². The molecule has 11 heteroatoms. The maximum absolute atomic E-state index is 10.5. The lowest BCUT2D eigenvalue weighted by Crippen LogP contribution is -2.55. The number of fused-ring (bicyclic) bond motifs is 2. The van der Waals surface area contributed by atoms with Gasteiger partial charge in [0.15, 0.2) is 18.2 Å². The molecule has 3 fully saturated rings. The Balaban J connectivity index is 0.000000918. The second kappa shape index (κ2) is 20.9. The molecule has 3 aliphatic heterocycles. The lowest BCUT2D eigenvalue weighted by molar-refractivity contribution is -0.337. The number of aliphatic hydroxyl groups is 1.